The summed E-state index contributed by atoms with van der Waals surface area (Å²) in [6, 6.07) is 9.85. The fraction of sp³-hybridized carbons (Fsp3) is 0.250. The summed E-state index contributed by atoms with van der Waals surface area (Å²) in [7, 11) is 0. The number of hydrogen-bond donors (Lipinski definition) is 2. The van der Waals surface area contributed by atoms with Crippen molar-refractivity contribution in [2.75, 3.05) is 25.2 Å². The number of aromatic hydroxyl groups is 1. The molecule has 1 atom stereocenters. The maximum absolute atomic E-state index is 15.0. The molecule has 1 fully saturated rings. The van der Waals surface area contributed by atoms with Gasteiger partial charge in [-0.1, -0.05) is 18.2 Å². The number of aromatic nitrogens is 1. The molecule has 1 aromatic heterocycles. The van der Waals surface area contributed by atoms with Gasteiger partial charge in [-0.15, -0.1) is 11.8 Å². The lowest BCUT2D eigenvalue weighted by Gasteiger charge is -2.42. The van der Waals surface area contributed by atoms with Crippen LogP contribution in [0, 0.1) is 11.6 Å². The van der Waals surface area contributed by atoms with E-state index in [1.54, 1.807) is 0 Å². The number of rotatable bonds is 1. The topological polar surface area (TPSA) is 83.8 Å². The van der Waals surface area contributed by atoms with Crippen LogP contribution in [0.15, 0.2) is 46.1 Å². The van der Waals surface area contributed by atoms with Crippen molar-refractivity contribution in [3.63, 3.8) is 0 Å². The van der Waals surface area contributed by atoms with E-state index in [1.165, 1.54) is 21.3 Å². The van der Waals surface area contributed by atoms with E-state index < -0.39 is 34.9 Å². The molecule has 2 N–H and O–H groups in total. The molecule has 10 heteroatoms. The van der Waals surface area contributed by atoms with E-state index in [4.69, 9.17) is 4.74 Å². The number of pyridine rings is 1. The molecule has 0 saturated carbocycles. The molecule has 0 spiro atoms. The highest BCUT2D eigenvalue weighted by Gasteiger charge is 2.38. The van der Waals surface area contributed by atoms with Gasteiger partial charge in [0.1, 0.15) is 6.17 Å². The Labute approximate surface area is 196 Å². The van der Waals surface area contributed by atoms with Gasteiger partial charge >= 0.3 is 0 Å². The molecule has 1 unspecified atom stereocenters. The number of benzene rings is 2. The lowest BCUT2D eigenvalue weighted by atomic mass is 9.92. The van der Waals surface area contributed by atoms with Gasteiger partial charge in [0, 0.05) is 34.4 Å². The zero-order valence-electron chi connectivity index (χ0n) is 17.8. The summed E-state index contributed by atoms with van der Waals surface area (Å²) in [6.07, 6.45) is -0.211. The number of hydrogen-bond acceptors (Lipinski definition) is 6. The Hall–Kier alpha value is -3.37. The lowest BCUT2D eigenvalue weighted by molar-refractivity contribution is -0.00300. The van der Waals surface area contributed by atoms with Crippen molar-refractivity contribution in [2.45, 2.75) is 23.2 Å². The van der Waals surface area contributed by atoms with Crippen LogP contribution in [-0.4, -0.2) is 46.5 Å². The highest BCUT2D eigenvalue weighted by molar-refractivity contribution is 7.98. The number of ether oxygens (including phenoxy) is 1. The number of amides is 1. The van der Waals surface area contributed by atoms with Gasteiger partial charge < -0.3 is 20.2 Å². The number of thioether (sulfide) groups is 1. The quantitative estimate of drug-likeness (QED) is 0.554. The Balaban J connectivity index is 1.61. The molecule has 2 aromatic carbocycles. The molecule has 34 heavy (non-hydrogen) atoms. The SMILES string of the molecule is O=C1c2c(O)c(=O)cc(-c3cc(F)c(F)c4c3Cc3ccccc3SC4)n2NC2COCCN12. The first kappa shape index (κ1) is 21.2. The van der Waals surface area contributed by atoms with Crippen molar-refractivity contribution in [3.05, 3.63) is 80.6 Å². The highest BCUT2D eigenvalue weighted by atomic mass is 32.2. The highest BCUT2D eigenvalue weighted by Crippen LogP contribution is 2.40. The molecule has 0 bridgehead atoms. The third kappa shape index (κ3) is 3.13. The molecule has 7 nitrogen and oxygen atoms in total. The molecule has 6 rings (SSSR count). The van der Waals surface area contributed by atoms with Gasteiger partial charge in [0.25, 0.3) is 5.91 Å². The third-order valence-corrected chi connectivity index (χ3v) is 7.63. The molecule has 0 radical (unpaired) electrons. The fourth-order valence-electron chi connectivity index (χ4n) is 4.80. The molecule has 174 valence electrons. The predicted octanol–water partition coefficient (Wildman–Crippen LogP) is 3.05. The van der Waals surface area contributed by atoms with Crippen molar-refractivity contribution < 1.29 is 23.4 Å². The monoisotopic (exact) mass is 483 g/mol. The Morgan fingerprint density at radius 3 is 2.82 bits per heavy atom. The summed E-state index contributed by atoms with van der Waals surface area (Å²) in [4.78, 5) is 28.4. The van der Waals surface area contributed by atoms with E-state index in [9.17, 15) is 23.5 Å². The average molecular weight is 483 g/mol. The average Bonchev–Trinajstić information content (AvgIpc) is 3.04. The minimum absolute atomic E-state index is 0.177. The van der Waals surface area contributed by atoms with Gasteiger partial charge in [-0.25, -0.2) is 13.5 Å². The minimum Gasteiger partial charge on any atom is -0.502 e. The van der Waals surface area contributed by atoms with Crippen molar-refractivity contribution in [1.82, 2.24) is 9.58 Å². The largest absolute Gasteiger partial charge is 0.502 e. The molecule has 0 aliphatic carbocycles. The number of carbonyl (C=O) groups excluding carboxylic acids is 1. The van der Waals surface area contributed by atoms with Crippen LogP contribution < -0.4 is 10.9 Å². The molecular formula is C24H19F2N3O4S. The van der Waals surface area contributed by atoms with Gasteiger partial charge in [-0.3, -0.25) is 9.59 Å². The maximum Gasteiger partial charge on any atom is 0.278 e. The molecule has 1 amide bonds. The van der Waals surface area contributed by atoms with Gasteiger partial charge in [0.15, 0.2) is 23.1 Å². The van der Waals surface area contributed by atoms with E-state index >= 15 is 0 Å². The van der Waals surface area contributed by atoms with E-state index in [-0.39, 0.29) is 34.9 Å². The summed E-state index contributed by atoms with van der Waals surface area (Å²) in [5.41, 5.74) is 4.28. The van der Waals surface area contributed by atoms with Crippen molar-refractivity contribution in [1.29, 1.82) is 0 Å². The summed E-state index contributed by atoms with van der Waals surface area (Å²) in [6.45, 7) is 0.836. The normalized spacial score (nSPS) is 18.8. The lowest BCUT2D eigenvalue weighted by Crippen LogP contribution is -2.59. The number of fused-ring (bicyclic) bond motifs is 4. The first-order chi connectivity index (χ1) is 16.4. The molecule has 3 aliphatic rings. The molecule has 3 aromatic rings. The van der Waals surface area contributed by atoms with Gasteiger partial charge in [-0.05, 0) is 29.7 Å². The fourth-order valence-corrected chi connectivity index (χ4v) is 5.90. The molecular weight excluding hydrogens is 464 g/mol. The van der Waals surface area contributed by atoms with Crippen LogP contribution in [0.5, 0.6) is 5.75 Å². The first-order valence-corrected chi connectivity index (χ1v) is 11.8. The van der Waals surface area contributed by atoms with Crippen molar-refractivity contribution >= 4 is 17.7 Å². The van der Waals surface area contributed by atoms with Crippen molar-refractivity contribution in [2.24, 2.45) is 0 Å². The summed E-state index contributed by atoms with van der Waals surface area (Å²) in [5, 5.41) is 10.5. The van der Waals surface area contributed by atoms with Crippen molar-refractivity contribution in [3.8, 4) is 17.0 Å². The molecule has 4 heterocycles. The summed E-state index contributed by atoms with van der Waals surface area (Å²) >= 11 is 1.42. The van der Waals surface area contributed by atoms with Gasteiger partial charge in [-0.2, -0.15) is 0 Å². The summed E-state index contributed by atoms with van der Waals surface area (Å²) < 4.78 is 36.6. The van der Waals surface area contributed by atoms with E-state index in [0.29, 0.717) is 25.1 Å². The van der Waals surface area contributed by atoms with E-state index in [1.807, 2.05) is 24.3 Å². The number of nitrogens with zero attached hydrogens (tertiary/aromatic N) is 2. The second-order valence-corrected chi connectivity index (χ2v) is 9.41. The smallest absolute Gasteiger partial charge is 0.278 e. The molecule has 1 saturated heterocycles. The van der Waals surface area contributed by atoms with E-state index in [0.717, 1.165) is 22.6 Å². The Kier molecular flexibility index (Phi) is 4.89. The van der Waals surface area contributed by atoms with Gasteiger partial charge in [0.2, 0.25) is 5.43 Å². The second kappa shape index (κ2) is 7.85. The zero-order valence-corrected chi connectivity index (χ0v) is 18.6. The van der Waals surface area contributed by atoms with Crippen LogP contribution in [0.3, 0.4) is 0 Å². The van der Waals surface area contributed by atoms with Crippen LogP contribution >= 0.6 is 11.8 Å². The Morgan fingerprint density at radius 2 is 1.97 bits per heavy atom. The Bertz CT molecular complexity index is 1420. The second-order valence-electron chi connectivity index (χ2n) is 8.40. The van der Waals surface area contributed by atoms with E-state index in [2.05, 4.69) is 5.43 Å². The van der Waals surface area contributed by atoms with Crippen LogP contribution in [-0.2, 0) is 16.9 Å². The zero-order chi connectivity index (χ0) is 23.6. The van der Waals surface area contributed by atoms with Crippen LogP contribution in [0.25, 0.3) is 11.3 Å². The molecule has 3 aliphatic heterocycles. The van der Waals surface area contributed by atoms with Crippen LogP contribution in [0.2, 0.25) is 0 Å². The predicted molar refractivity (Wildman–Crippen MR) is 122 cm³/mol. The first-order valence-electron chi connectivity index (χ1n) is 10.8. The minimum atomic E-state index is -1.04. The van der Waals surface area contributed by atoms with Crippen LogP contribution in [0.4, 0.5) is 8.78 Å². The maximum atomic E-state index is 15.0. The number of nitrogens with one attached hydrogen (secondary N) is 1. The summed E-state index contributed by atoms with van der Waals surface area (Å²) in [5.74, 6) is -2.97. The number of carbonyl (C=O) groups is 1. The number of morpholine rings is 1. The van der Waals surface area contributed by atoms with Crippen LogP contribution in [0.1, 0.15) is 27.2 Å². The Morgan fingerprint density at radius 1 is 1.15 bits per heavy atom. The van der Waals surface area contributed by atoms with Gasteiger partial charge in [0.05, 0.1) is 18.9 Å². The standard InChI is InChI=1S/C24H19F2N3O4S/c25-16-8-14(13-7-12-3-1-2-4-19(12)34-11-15(13)21(16)26)17-9-18(30)23(31)22-24(32)28-5-6-33-10-20(28)27-29(17)22/h1-4,8-9,20,27,31H,5-7,10-11H2. The third-order valence-electron chi connectivity index (χ3n) is 6.48. The number of halogens is 2.